The third-order valence-corrected chi connectivity index (χ3v) is 4.56. The third-order valence-electron chi connectivity index (χ3n) is 4.56. The molecule has 1 aromatic rings. The van der Waals surface area contributed by atoms with Crippen LogP contribution in [0.15, 0.2) is 24.5 Å². The lowest BCUT2D eigenvalue weighted by Gasteiger charge is -2.37. The van der Waals surface area contributed by atoms with Crippen LogP contribution in [0.1, 0.15) is 34.8 Å². The molecular weight excluding hydrogens is 332 g/mol. The number of aliphatic hydroxyl groups excluding tert-OH is 3. The van der Waals surface area contributed by atoms with Gasteiger partial charge >= 0.3 is 0 Å². The molecule has 0 bridgehead atoms. The molecule has 0 spiro atoms. The van der Waals surface area contributed by atoms with Gasteiger partial charge in [-0.05, 0) is 12.5 Å². The zero-order valence-corrected chi connectivity index (χ0v) is 13.1. The number of aliphatic carboxylic acids is 1. The number of hydrogen-bond donors (Lipinski definition) is 3. The molecule has 2 fully saturated rings. The average Bonchev–Trinajstić information content (AvgIpc) is 3.01. The van der Waals surface area contributed by atoms with Crippen molar-refractivity contribution in [1.29, 1.82) is 0 Å². The lowest BCUT2D eigenvalue weighted by atomic mass is 9.97. The van der Waals surface area contributed by atoms with Gasteiger partial charge in [-0.3, -0.25) is 4.79 Å². The summed E-state index contributed by atoms with van der Waals surface area (Å²) in [4.78, 5) is 24.0. The fourth-order valence-corrected chi connectivity index (χ4v) is 3.17. The van der Waals surface area contributed by atoms with E-state index in [9.17, 15) is 30.0 Å². The highest BCUT2D eigenvalue weighted by Crippen LogP contribution is 2.31. The van der Waals surface area contributed by atoms with Crippen LogP contribution in [0.2, 0.25) is 0 Å². The lowest BCUT2D eigenvalue weighted by molar-refractivity contribution is -0.777. The van der Waals surface area contributed by atoms with Crippen LogP contribution < -0.4 is 9.67 Å². The van der Waals surface area contributed by atoms with Crippen molar-refractivity contribution in [3.63, 3.8) is 0 Å². The Morgan fingerprint density at radius 2 is 2.16 bits per heavy atom. The van der Waals surface area contributed by atoms with E-state index in [0.29, 0.717) is 5.56 Å². The van der Waals surface area contributed by atoms with Crippen molar-refractivity contribution < 1.29 is 43.4 Å². The second-order valence-corrected chi connectivity index (χ2v) is 6.14. The second-order valence-electron chi connectivity index (χ2n) is 6.14. The molecule has 6 atom stereocenters. The van der Waals surface area contributed by atoms with Gasteiger partial charge in [0, 0.05) is 29.1 Å². The minimum Gasteiger partial charge on any atom is -0.547 e. The number of rotatable bonds is 3. The molecule has 0 saturated carbocycles. The molecule has 3 heterocycles. The summed E-state index contributed by atoms with van der Waals surface area (Å²) >= 11 is 0. The summed E-state index contributed by atoms with van der Waals surface area (Å²) in [5, 5.41) is 41.1. The van der Waals surface area contributed by atoms with E-state index in [1.54, 1.807) is 6.07 Å². The number of aliphatic hydroxyl groups is 3. The van der Waals surface area contributed by atoms with Gasteiger partial charge in [-0.1, -0.05) is 0 Å². The van der Waals surface area contributed by atoms with Crippen molar-refractivity contribution in [2.75, 3.05) is 6.98 Å². The maximum Gasteiger partial charge on any atom is 0.292 e. The monoisotopic (exact) mass is 355 g/mol. The molecule has 2 aliphatic heterocycles. The van der Waals surface area contributed by atoms with E-state index in [4.69, 9.17) is 8.85 Å². The molecule has 9 heteroatoms. The predicted molar refractivity (Wildman–Crippen MR) is 78.3 cm³/mol. The number of nitrogens with zero attached hydrogens (tertiary/aromatic N) is 2. The number of ether oxygens (including phenoxy) is 1. The van der Waals surface area contributed by atoms with Crippen LogP contribution >= 0.6 is 0 Å². The summed E-state index contributed by atoms with van der Waals surface area (Å²) in [6.45, 7) is -2.62. The molecule has 25 heavy (non-hydrogen) atoms. The Morgan fingerprint density at radius 3 is 2.84 bits per heavy atom. The smallest absolute Gasteiger partial charge is 0.292 e. The Hall–Kier alpha value is -2.07. The molecular formula is C16H20N2O7. The second kappa shape index (κ2) is 6.68. The third kappa shape index (κ3) is 3.11. The largest absolute Gasteiger partial charge is 0.547 e. The van der Waals surface area contributed by atoms with Gasteiger partial charge in [-0.25, -0.2) is 0 Å². The van der Waals surface area contributed by atoms with Crippen molar-refractivity contribution in [2.45, 2.75) is 49.5 Å². The van der Waals surface area contributed by atoms with Crippen molar-refractivity contribution in [2.24, 2.45) is 0 Å². The Kier molecular flexibility index (Phi) is 3.78. The zero-order valence-electron chi connectivity index (χ0n) is 16.1. The fraction of sp³-hybridized carbons (Fsp3) is 0.562. The van der Waals surface area contributed by atoms with Crippen LogP contribution in [0.25, 0.3) is 0 Å². The number of aromatic nitrogens is 1. The molecule has 0 radical (unpaired) electrons. The Labute approximate surface area is 147 Å². The van der Waals surface area contributed by atoms with E-state index in [1.807, 2.05) is 0 Å². The Bertz CT molecular complexity index is 775. The van der Waals surface area contributed by atoms with Crippen molar-refractivity contribution in [1.82, 2.24) is 4.90 Å². The van der Waals surface area contributed by atoms with E-state index in [-0.39, 0.29) is 12.8 Å². The van der Waals surface area contributed by atoms with Crippen LogP contribution in [0.5, 0.6) is 0 Å². The highest BCUT2D eigenvalue weighted by molar-refractivity contribution is 5.78. The minimum atomic E-state index is -2.62. The molecule has 2 aliphatic rings. The number of carboxylic acid groups (broad SMARTS) is 1. The number of pyridine rings is 1. The van der Waals surface area contributed by atoms with Crippen LogP contribution in [0.3, 0.4) is 0 Å². The SMILES string of the molecule is [2H]C([2H])([2H])N1C(=O)CCC1c1ccc[n+]([C@@H]2OC(C(=O)[O-])[C@@H](O)[C@H](O)C2O)c1. The van der Waals surface area contributed by atoms with Crippen molar-refractivity contribution >= 4 is 11.9 Å². The first-order valence-corrected chi connectivity index (χ1v) is 7.75. The molecule has 3 N–H and O–H groups in total. The number of amides is 1. The summed E-state index contributed by atoms with van der Waals surface area (Å²) in [6, 6.07) is 2.37. The van der Waals surface area contributed by atoms with Crippen molar-refractivity contribution in [3.8, 4) is 0 Å². The van der Waals surface area contributed by atoms with Gasteiger partial charge < -0.3 is 34.9 Å². The standard InChI is InChI=1S/C16H20N2O7/c1-17-9(4-5-10(17)19)8-3-2-6-18(7-8)15-13(22)11(20)12(21)14(25-15)16(23)24/h2-3,6-7,9,11-15,20-22H,4-5H2,1H3/t9?,11-,12-,13?,14?,15+/m0/s1/i1D3. The summed E-state index contributed by atoms with van der Waals surface area (Å²) < 4.78 is 29.2. The summed E-state index contributed by atoms with van der Waals surface area (Å²) in [5.74, 6) is -2.26. The van der Waals surface area contributed by atoms with E-state index >= 15 is 0 Å². The first-order chi connectivity index (χ1) is 13.0. The first kappa shape index (κ1) is 14.1. The van der Waals surface area contributed by atoms with Gasteiger partial charge in [0.15, 0.2) is 18.5 Å². The highest BCUT2D eigenvalue weighted by atomic mass is 16.6. The van der Waals surface area contributed by atoms with Crippen LogP contribution in [-0.2, 0) is 14.3 Å². The molecule has 3 unspecified atom stereocenters. The Balaban J connectivity index is 1.93. The summed E-state index contributed by atoms with van der Waals surface area (Å²) in [6.07, 6.45) is -5.41. The molecule has 1 amide bonds. The van der Waals surface area contributed by atoms with E-state index in [0.717, 1.165) is 4.90 Å². The first-order valence-electron chi connectivity index (χ1n) is 9.25. The normalized spacial score (nSPS) is 38.1. The Morgan fingerprint density at radius 1 is 1.40 bits per heavy atom. The summed E-state index contributed by atoms with van der Waals surface area (Å²) in [7, 11) is 0. The number of carbonyl (C=O) groups excluding carboxylic acids is 2. The molecule has 0 aliphatic carbocycles. The van der Waals surface area contributed by atoms with Gasteiger partial charge in [-0.2, -0.15) is 4.57 Å². The van der Waals surface area contributed by atoms with Gasteiger partial charge in [0.25, 0.3) is 6.23 Å². The highest BCUT2D eigenvalue weighted by Gasteiger charge is 2.49. The number of likely N-dealkylation sites (tertiary alicyclic amines) is 1. The fourth-order valence-electron chi connectivity index (χ4n) is 3.17. The van der Waals surface area contributed by atoms with Crippen molar-refractivity contribution in [3.05, 3.63) is 30.1 Å². The number of carbonyl (C=O) groups is 2. The summed E-state index contributed by atoms with van der Waals surface area (Å²) in [5.41, 5.74) is 0.436. The molecule has 3 rings (SSSR count). The molecule has 9 nitrogen and oxygen atoms in total. The van der Waals surface area contributed by atoms with E-state index < -0.39 is 55.5 Å². The average molecular weight is 355 g/mol. The quantitative estimate of drug-likeness (QED) is 0.492. The number of hydrogen-bond acceptors (Lipinski definition) is 7. The molecule has 0 aromatic carbocycles. The van der Waals surface area contributed by atoms with Gasteiger partial charge in [0.1, 0.15) is 18.3 Å². The van der Waals surface area contributed by atoms with Crippen LogP contribution in [0, 0.1) is 0 Å². The zero-order chi connectivity index (χ0) is 20.8. The maximum absolute atomic E-state index is 12.0. The van der Waals surface area contributed by atoms with Gasteiger partial charge in [0.2, 0.25) is 5.91 Å². The van der Waals surface area contributed by atoms with Crippen LogP contribution in [0.4, 0.5) is 0 Å². The van der Waals surface area contributed by atoms with Gasteiger partial charge in [0.05, 0.1) is 12.0 Å². The van der Waals surface area contributed by atoms with E-state index in [1.165, 1.54) is 23.0 Å². The maximum atomic E-state index is 12.0. The number of carboxylic acids is 1. The molecule has 2 saturated heterocycles. The topological polar surface area (TPSA) is 134 Å². The molecule has 1 aromatic heterocycles. The van der Waals surface area contributed by atoms with Crippen LogP contribution in [-0.4, -0.2) is 63.5 Å². The molecule has 136 valence electrons. The van der Waals surface area contributed by atoms with Gasteiger partial charge in [-0.15, -0.1) is 0 Å². The predicted octanol–water partition coefficient (Wildman–Crippen LogP) is -3.00. The van der Waals surface area contributed by atoms with E-state index in [2.05, 4.69) is 0 Å². The minimum absolute atomic E-state index is 0.0676. The lowest BCUT2D eigenvalue weighted by Crippen LogP contribution is -2.65.